The van der Waals surface area contributed by atoms with Crippen molar-refractivity contribution in [1.29, 1.82) is 0 Å². The smallest absolute Gasteiger partial charge is 0.223 e. The molecule has 4 N–H and O–H groups in total. The quantitative estimate of drug-likeness (QED) is 0.522. The molecule has 0 unspecified atom stereocenters. The predicted molar refractivity (Wildman–Crippen MR) is 120 cm³/mol. The molecule has 0 spiro atoms. The molecule has 1 aliphatic carbocycles. The van der Waals surface area contributed by atoms with Crippen molar-refractivity contribution in [3.8, 4) is 5.75 Å². The van der Waals surface area contributed by atoms with Crippen LogP contribution in [0.1, 0.15) is 62.0 Å². The molecule has 0 saturated heterocycles. The first-order chi connectivity index (χ1) is 14.8. The highest BCUT2D eigenvalue weighted by Gasteiger charge is 2.31. The van der Waals surface area contributed by atoms with Crippen molar-refractivity contribution in [3.63, 3.8) is 0 Å². The minimum atomic E-state index is -0.385. The Bertz CT molecular complexity index is 1260. The summed E-state index contributed by atoms with van der Waals surface area (Å²) in [5, 5.41) is 5.59. The molecule has 0 amide bonds. The van der Waals surface area contributed by atoms with Gasteiger partial charge in [-0.05, 0) is 56.9 Å². The summed E-state index contributed by atoms with van der Waals surface area (Å²) in [6.07, 6.45) is 4.93. The van der Waals surface area contributed by atoms with E-state index in [1.165, 1.54) is 0 Å². The van der Waals surface area contributed by atoms with Crippen molar-refractivity contribution in [2.45, 2.75) is 50.5 Å². The Hall–Kier alpha value is -3.26. The number of para-hydroxylation sites is 1. The predicted octanol–water partition coefficient (Wildman–Crippen LogP) is 3.51. The maximum Gasteiger partial charge on any atom is 0.223 e. The van der Waals surface area contributed by atoms with Crippen molar-refractivity contribution in [2.75, 3.05) is 12.8 Å². The van der Waals surface area contributed by atoms with Gasteiger partial charge < -0.3 is 16.2 Å². The highest BCUT2D eigenvalue weighted by molar-refractivity contribution is 5.95. The molecule has 8 nitrogen and oxygen atoms in total. The van der Waals surface area contributed by atoms with E-state index in [0.29, 0.717) is 28.8 Å². The number of methoxy groups -OCH3 is 1. The topological polar surface area (TPSA) is 117 Å². The molecular formula is C23H27N7O. The van der Waals surface area contributed by atoms with E-state index in [-0.39, 0.29) is 11.5 Å². The number of nitrogens with two attached hydrogens (primary N) is 2. The molecule has 1 aliphatic rings. The Labute approximate surface area is 180 Å². The zero-order valence-corrected chi connectivity index (χ0v) is 18.0. The van der Waals surface area contributed by atoms with Crippen LogP contribution in [0.5, 0.6) is 5.75 Å². The number of hydrogen-bond acceptors (Lipinski definition) is 7. The summed E-state index contributed by atoms with van der Waals surface area (Å²) in [6.45, 7) is 3.98. The molecular weight excluding hydrogens is 390 g/mol. The van der Waals surface area contributed by atoms with Crippen molar-refractivity contribution >= 4 is 22.5 Å². The fraction of sp³-hybridized carbons (Fsp3) is 0.391. The molecule has 160 valence electrons. The molecule has 4 aromatic rings. The summed E-state index contributed by atoms with van der Waals surface area (Å²) in [7, 11) is 1.62. The Morgan fingerprint density at radius 3 is 2.61 bits per heavy atom. The van der Waals surface area contributed by atoms with Crippen LogP contribution in [0.2, 0.25) is 0 Å². The molecule has 0 aliphatic heterocycles. The Morgan fingerprint density at radius 2 is 1.90 bits per heavy atom. The monoisotopic (exact) mass is 417 g/mol. The lowest BCUT2D eigenvalue weighted by Gasteiger charge is -2.19. The first-order valence-electron chi connectivity index (χ1n) is 10.6. The van der Waals surface area contributed by atoms with Gasteiger partial charge in [-0.2, -0.15) is 4.52 Å². The van der Waals surface area contributed by atoms with Gasteiger partial charge in [0, 0.05) is 34.7 Å². The fourth-order valence-corrected chi connectivity index (χ4v) is 4.49. The third kappa shape index (κ3) is 3.37. The normalized spacial score (nSPS) is 19.4. The van der Waals surface area contributed by atoms with Crippen molar-refractivity contribution < 1.29 is 4.74 Å². The van der Waals surface area contributed by atoms with Gasteiger partial charge in [0.15, 0.2) is 11.5 Å². The molecule has 8 heteroatoms. The average Bonchev–Trinajstić information content (AvgIpc) is 3.41. The lowest BCUT2D eigenvalue weighted by molar-refractivity contribution is 0.419. The Kier molecular flexibility index (Phi) is 4.55. The molecule has 0 radical (unpaired) electrons. The number of fused-ring (bicyclic) bond motifs is 3. The van der Waals surface area contributed by atoms with E-state index < -0.39 is 0 Å². The van der Waals surface area contributed by atoms with Crippen LogP contribution in [0.4, 0.5) is 5.95 Å². The number of rotatable bonds is 4. The van der Waals surface area contributed by atoms with Gasteiger partial charge in [0.2, 0.25) is 5.95 Å². The highest BCUT2D eigenvalue weighted by atomic mass is 16.5. The third-order valence-corrected chi connectivity index (χ3v) is 6.27. The molecule has 5 rings (SSSR count). The van der Waals surface area contributed by atoms with E-state index in [1.807, 2.05) is 38.2 Å². The van der Waals surface area contributed by atoms with Crippen molar-refractivity contribution in [3.05, 3.63) is 53.6 Å². The number of anilines is 1. The number of benzene rings is 1. The molecule has 3 heterocycles. The average molecular weight is 418 g/mol. The molecule has 31 heavy (non-hydrogen) atoms. The van der Waals surface area contributed by atoms with E-state index >= 15 is 0 Å². The zero-order chi connectivity index (χ0) is 21.8. The zero-order valence-electron chi connectivity index (χ0n) is 18.0. The first kappa shape index (κ1) is 19.7. The SMILES string of the molecule is COc1cccc2c1nc(N)n1nc([C@H]3CC[C@@H](c4ccc(C(C)(C)N)cn4)C3)nc21. The number of ether oxygens (including phenoxy) is 1. The van der Waals surface area contributed by atoms with E-state index in [2.05, 4.69) is 17.1 Å². The second-order valence-electron chi connectivity index (χ2n) is 8.93. The summed E-state index contributed by atoms with van der Waals surface area (Å²) in [4.78, 5) is 14.1. The van der Waals surface area contributed by atoms with Gasteiger partial charge in [-0.1, -0.05) is 12.1 Å². The molecule has 1 fully saturated rings. The number of aromatic nitrogens is 5. The third-order valence-electron chi connectivity index (χ3n) is 6.27. The van der Waals surface area contributed by atoms with Crippen LogP contribution >= 0.6 is 0 Å². The van der Waals surface area contributed by atoms with Crippen molar-refractivity contribution in [1.82, 2.24) is 24.6 Å². The van der Waals surface area contributed by atoms with E-state index in [4.69, 9.17) is 31.3 Å². The lowest BCUT2D eigenvalue weighted by atomic mass is 9.95. The van der Waals surface area contributed by atoms with Gasteiger partial charge >= 0.3 is 0 Å². The molecule has 2 atom stereocenters. The number of nitrogen functional groups attached to an aromatic ring is 1. The lowest BCUT2D eigenvalue weighted by Crippen LogP contribution is -2.28. The van der Waals surface area contributed by atoms with Crippen LogP contribution < -0.4 is 16.2 Å². The minimum Gasteiger partial charge on any atom is -0.494 e. The number of pyridine rings is 1. The number of nitrogens with zero attached hydrogens (tertiary/aromatic N) is 5. The second kappa shape index (κ2) is 7.16. The summed E-state index contributed by atoms with van der Waals surface area (Å²) in [6, 6.07) is 9.96. The van der Waals surface area contributed by atoms with Gasteiger partial charge in [0.1, 0.15) is 11.3 Å². The van der Waals surface area contributed by atoms with Gasteiger partial charge in [-0.15, -0.1) is 5.10 Å². The van der Waals surface area contributed by atoms with Crippen LogP contribution in [-0.4, -0.2) is 31.7 Å². The molecule has 1 aromatic carbocycles. The van der Waals surface area contributed by atoms with Gasteiger partial charge in [-0.25, -0.2) is 9.97 Å². The van der Waals surface area contributed by atoms with Crippen LogP contribution in [0.15, 0.2) is 36.5 Å². The van der Waals surface area contributed by atoms with Gasteiger partial charge in [-0.3, -0.25) is 4.98 Å². The maximum atomic E-state index is 6.20. The molecule has 1 saturated carbocycles. The van der Waals surface area contributed by atoms with Crippen molar-refractivity contribution in [2.24, 2.45) is 5.73 Å². The first-order valence-corrected chi connectivity index (χ1v) is 10.6. The van der Waals surface area contributed by atoms with E-state index in [1.54, 1.807) is 11.6 Å². The summed E-state index contributed by atoms with van der Waals surface area (Å²) in [5.74, 6) is 2.44. The van der Waals surface area contributed by atoms with E-state index in [9.17, 15) is 0 Å². The van der Waals surface area contributed by atoms with Gasteiger partial charge in [0.05, 0.1) is 7.11 Å². The Morgan fingerprint density at radius 1 is 1.10 bits per heavy atom. The van der Waals surface area contributed by atoms with E-state index in [0.717, 1.165) is 41.7 Å². The minimum absolute atomic E-state index is 0.261. The summed E-state index contributed by atoms with van der Waals surface area (Å²) >= 11 is 0. The second-order valence-corrected chi connectivity index (χ2v) is 8.93. The maximum absolute atomic E-state index is 6.20. The number of hydrogen-bond donors (Lipinski definition) is 2. The largest absolute Gasteiger partial charge is 0.494 e. The fourth-order valence-electron chi connectivity index (χ4n) is 4.49. The Balaban J connectivity index is 1.45. The molecule has 3 aromatic heterocycles. The van der Waals surface area contributed by atoms with Crippen LogP contribution in [0, 0.1) is 0 Å². The molecule has 0 bridgehead atoms. The van der Waals surface area contributed by atoms with Crippen LogP contribution in [-0.2, 0) is 5.54 Å². The summed E-state index contributed by atoms with van der Waals surface area (Å²) in [5.41, 5.74) is 15.6. The highest BCUT2D eigenvalue weighted by Crippen LogP contribution is 2.42. The summed E-state index contributed by atoms with van der Waals surface area (Å²) < 4.78 is 7.08. The standard InChI is InChI=1S/C23H27N7O/c1-23(2,25)15-9-10-17(26-12-15)13-7-8-14(11-13)20-28-21-16-5-4-6-18(31-3)19(16)27-22(24)30(21)29-20/h4-6,9-10,12-14H,7-8,11,25H2,1-3H3,(H2,24,27)/t13-,14+/m1/s1. The van der Waals surface area contributed by atoms with Crippen LogP contribution in [0.25, 0.3) is 16.6 Å². The van der Waals surface area contributed by atoms with Crippen LogP contribution in [0.3, 0.4) is 0 Å². The van der Waals surface area contributed by atoms with Gasteiger partial charge in [0.25, 0.3) is 0 Å².